The van der Waals surface area contributed by atoms with Crippen LogP contribution in [-0.2, 0) is 23.1 Å². The predicted molar refractivity (Wildman–Crippen MR) is 102 cm³/mol. The van der Waals surface area contributed by atoms with Crippen LogP contribution >= 0.6 is 0 Å². The smallest absolute Gasteiger partial charge is 0.290 e. The first-order valence-electron chi connectivity index (χ1n) is 9.40. The zero-order valence-corrected chi connectivity index (χ0v) is 16.9. The topological polar surface area (TPSA) is 97.1 Å². The van der Waals surface area contributed by atoms with Crippen molar-refractivity contribution in [3.63, 3.8) is 0 Å². The normalized spacial score (nSPS) is 15.1. The second-order valence-electron chi connectivity index (χ2n) is 6.96. The summed E-state index contributed by atoms with van der Waals surface area (Å²) in [5.41, 5.74) is 0. The number of carbonyl (C=O) groups is 1. The van der Waals surface area contributed by atoms with Gasteiger partial charge in [0.2, 0.25) is 10.0 Å². The van der Waals surface area contributed by atoms with Crippen LogP contribution in [0.2, 0.25) is 0 Å². The van der Waals surface area contributed by atoms with E-state index in [1.54, 1.807) is 31.2 Å². The minimum absolute atomic E-state index is 0.0293. The van der Waals surface area contributed by atoms with Gasteiger partial charge in [0.05, 0.1) is 25.6 Å². The van der Waals surface area contributed by atoms with E-state index in [9.17, 15) is 13.2 Å². The minimum atomic E-state index is -3.68. The molecule has 0 unspecified atom stereocenters. The molecule has 8 nitrogen and oxygen atoms in total. The summed E-state index contributed by atoms with van der Waals surface area (Å²) in [5, 5.41) is 0. The molecule has 1 amide bonds. The molecule has 0 radical (unpaired) electrons. The van der Waals surface area contributed by atoms with Crippen molar-refractivity contribution in [1.29, 1.82) is 0 Å². The molecule has 3 aromatic heterocycles. The average Bonchev–Trinajstić information content (AvgIpc) is 3.46. The first-order chi connectivity index (χ1) is 13.9. The number of hydrogen-bond acceptors (Lipinski definition) is 6. The summed E-state index contributed by atoms with van der Waals surface area (Å²) < 4.78 is 43.5. The summed E-state index contributed by atoms with van der Waals surface area (Å²) in [6.45, 7) is 2.92. The Kier molecular flexibility index (Phi) is 5.33. The molecule has 4 rings (SSSR count). The van der Waals surface area contributed by atoms with Crippen LogP contribution in [0.15, 0.2) is 61.0 Å². The van der Waals surface area contributed by atoms with Crippen LogP contribution in [0.25, 0.3) is 0 Å². The lowest BCUT2D eigenvalue weighted by atomic mass is 10.3. The molecule has 1 fully saturated rings. The van der Waals surface area contributed by atoms with E-state index >= 15 is 0 Å². The van der Waals surface area contributed by atoms with Crippen LogP contribution in [0.1, 0.15) is 40.7 Å². The van der Waals surface area contributed by atoms with Gasteiger partial charge in [0.25, 0.3) is 5.91 Å². The van der Waals surface area contributed by atoms with Gasteiger partial charge in [-0.1, -0.05) is 0 Å². The molecule has 1 saturated heterocycles. The third-order valence-electron chi connectivity index (χ3n) is 4.91. The SMILES string of the molecule is Cc1oc(C(=O)N(Cc2ccco2)Cc2ccco2)cc1S(=O)(=O)N1CCCC1. The highest BCUT2D eigenvalue weighted by Gasteiger charge is 2.32. The van der Waals surface area contributed by atoms with E-state index in [1.165, 1.54) is 27.8 Å². The van der Waals surface area contributed by atoms with Crippen molar-refractivity contribution >= 4 is 15.9 Å². The standard InChI is InChI=1S/C20H22N2O6S/c1-15-19(29(24,25)22-8-2-3-9-22)12-18(28-15)20(23)21(13-16-6-4-10-26-16)14-17-7-5-11-27-17/h4-7,10-12H,2-3,8-9,13-14H2,1H3. The van der Waals surface area contributed by atoms with E-state index in [-0.39, 0.29) is 29.5 Å². The molecule has 0 bridgehead atoms. The van der Waals surface area contributed by atoms with Gasteiger partial charge >= 0.3 is 0 Å². The molecule has 1 aliphatic heterocycles. The highest BCUT2D eigenvalue weighted by Crippen LogP contribution is 2.27. The first kappa shape index (κ1) is 19.5. The van der Waals surface area contributed by atoms with Crippen molar-refractivity contribution in [3.05, 3.63) is 65.9 Å². The third-order valence-corrected chi connectivity index (χ3v) is 6.91. The minimum Gasteiger partial charge on any atom is -0.467 e. The van der Waals surface area contributed by atoms with Crippen LogP contribution in [0, 0.1) is 6.92 Å². The largest absolute Gasteiger partial charge is 0.467 e. The lowest BCUT2D eigenvalue weighted by Crippen LogP contribution is -2.30. The summed E-state index contributed by atoms with van der Waals surface area (Å²) >= 11 is 0. The van der Waals surface area contributed by atoms with Crippen molar-refractivity contribution in [2.75, 3.05) is 13.1 Å². The highest BCUT2D eigenvalue weighted by atomic mass is 32.2. The fourth-order valence-corrected chi connectivity index (χ4v) is 5.11. The molecule has 4 heterocycles. The van der Waals surface area contributed by atoms with Crippen molar-refractivity contribution < 1.29 is 26.5 Å². The van der Waals surface area contributed by atoms with Gasteiger partial charge in [-0.25, -0.2) is 8.42 Å². The third kappa shape index (κ3) is 4.01. The maximum Gasteiger partial charge on any atom is 0.290 e. The fraction of sp³-hybridized carbons (Fsp3) is 0.350. The Morgan fingerprint density at radius 1 is 1.07 bits per heavy atom. The molecule has 9 heteroatoms. The molecule has 29 heavy (non-hydrogen) atoms. The van der Waals surface area contributed by atoms with E-state index in [1.807, 2.05) is 0 Å². The molecule has 0 N–H and O–H groups in total. The number of hydrogen-bond donors (Lipinski definition) is 0. The number of nitrogens with zero attached hydrogens (tertiary/aromatic N) is 2. The van der Waals surface area contributed by atoms with Crippen molar-refractivity contribution in [3.8, 4) is 0 Å². The Morgan fingerprint density at radius 2 is 1.66 bits per heavy atom. The maximum absolute atomic E-state index is 13.2. The molecule has 0 saturated carbocycles. The zero-order valence-electron chi connectivity index (χ0n) is 16.0. The second-order valence-corrected chi connectivity index (χ2v) is 8.87. The van der Waals surface area contributed by atoms with Gasteiger partial charge in [-0.15, -0.1) is 0 Å². The number of rotatable bonds is 7. The van der Waals surface area contributed by atoms with E-state index in [0.717, 1.165) is 12.8 Å². The Balaban J connectivity index is 1.62. The molecule has 1 aliphatic rings. The van der Waals surface area contributed by atoms with Crippen LogP contribution in [0.4, 0.5) is 0 Å². The number of sulfonamides is 1. The van der Waals surface area contributed by atoms with E-state index in [0.29, 0.717) is 24.6 Å². The van der Waals surface area contributed by atoms with Gasteiger partial charge in [0.15, 0.2) is 5.76 Å². The van der Waals surface area contributed by atoms with Crippen LogP contribution in [-0.4, -0.2) is 36.6 Å². The Morgan fingerprint density at radius 3 is 2.17 bits per heavy atom. The summed E-state index contributed by atoms with van der Waals surface area (Å²) in [5.74, 6) is 0.926. The summed E-state index contributed by atoms with van der Waals surface area (Å²) in [6.07, 6.45) is 4.73. The second kappa shape index (κ2) is 7.92. The average molecular weight is 418 g/mol. The molecule has 0 aromatic carbocycles. The predicted octanol–water partition coefficient (Wildman–Crippen LogP) is 3.40. The highest BCUT2D eigenvalue weighted by molar-refractivity contribution is 7.89. The number of furan rings is 3. The van der Waals surface area contributed by atoms with E-state index in [4.69, 9.17) is 13.3 Å². The lowest BCUT2D eigenvalue weighted by Gasteiger charge is -2.19. The van der Waals surface area contributed by atoms with Crippen molar-refractivity contribution in [2.24, 2.45) is 0 Å². The number of aryl methyl sites for hydroxylation is 1. The molecule has 3 aromatic rings. The van der Waals surface area contributed by atoms with Gasteiger partial charge in [0.1, 0.15) is 22.2 Å². The van der Waals surface area contributed by atoms with E-state index < -0.39 is 15.9 Å². The van der Waals surface area contributed by atoms with Gasteiger partial charge in [-0.2, -0.15) is 4.31 Å². The summed E-state index contributed by atoms with van der Waals surface area (Å²) in [4.78, 5) is 14.7. The van der Waals surface area contributed by atoms with Crippen molar-refractivity contribution in [2.45, 2.75) is 37.8 Å². The van der Waals surface area contributed by atoms with Crippen LogP contribution in [0.5, 0.6) is 0 Å². The molecular formula is C20H22N2O6S. The zero-order chi connectivity index (χ0) is 20.4. The van der Waals surface area contributed by atoms with Gasteiger partial charge in [-0.3, -0.25) is 4.79 Å². The Hall–Kier alpha value is -2.78. The number of carbonyl (C=O) groups excluding carboxylic acids is 1. The molecule has 0 spiro atoms. The fourth-order valence-electron chi connectivity index (χ4n) is 3.43. The quantitative estimate of drug-likeness (QED) is 0.583. The summed E-state index contributed by atoms with van der Waals surface area (Å²) in [7, 11) is -3.68. The Labute approximate surface area is 168 Å². The number of amides is 1. The van der Waals surface area contributed by atoms with Gasteiger partial charge in [-0.05, 0) is 44.0 Å². The molecular weight excluding hydrogens is 396 g/mol. The lowest BCUT2D eigenvalue weighted by molar-refractivity contribution is 0.0671. The molecule has 0 atom stereocenters. The molecule has 154 valence electrons. The monoisotopic (exact) mass is 418 g/mol. The first-order valence-corrected chi connectivity index (χ1v) is 10.8. The van der Waals surface area contributed by atoms with Crippen LogP contribution in [0.3, 0.4) is 0 Å². The van der Waals surface area contributed by atoms with Crippen molar-refractivity contribution in [1.82, 2.24) is 9.21 Å². The van der Waals surface area contributed by atoms with E-state index in [2.05, 4.69) is 0 Å². The van der Waals surface area contributed by atoms with Crippen LogP contribution < -0.4 is 0 Å². The molecule has 0 aliphatic carbocycles. The van der Waals surface area contributed by atoms with Gasteiger partial charge < -0.3 is 18.2 Å². The van der Waals surface area contributed by atoms with Gasteiger partial charge in [0, 0.05) is 19.2 Å². The Bertz CT molecular complexity index is 1020. The summed E-state index contributed by atoms with van der Waals surface area (Å²) in [6, 6.07) is 8.33. The maximum atomic E-state index is 13.2.